The average Bonchev–Trinajstić information content (AvgIpc) is 2.55. The Bertz CT molecular complexity index is 580. The molecule has 0 bridgehead atoms. The molecule has 1 saturated carbocycles. The maximum Gasteiger partial charge on any atom is 0.243 e. The molecule has 1 heterocycles. The topological polar surface area (TPSA) is 83.4 Å². The van der Waals surface area contributed by atoms with Gasteiger partial charge in [0, 0.05) is 17.8 Å². The minimum Gasteiger partial charge on any atom is -0.310 e. The predicted octanol–water partition coefficient (Wildman–Crippen LogP) is 3.14. The Morgan fingerprint density at radius 1 is 1.30 bits per heavy atom. The molecule has 0 unspecified atom stereocenters. The van der Waals surface area contributed by atoms with E-state index in [0.29, 0.717) is 16.6 Å². The number of hydrogen-bond donors (Lipinski definition) is 2. The first kappa shape index (κ1) is 17.4. The van der Waals surface area contributed by atoms with Crippen LogP contribution >= 0.6 is 11.6 Å². The molecule has 0 radical (unpaired) electrons. The van der Waals surface area contributed by atoms with E-state index < -0.39 is 0 Å². The summed E-state index contributed by atoms with van der Waals surface area (Å²) in [6.07, 6.45) is 6.78. The van der Waals surface area contributed by atoms with Crippen molar-refractivity contribution in [3.63, 3.8) is 0 Å². The molecule has 0 spiro atoms. The number of pyridine rings is 1. The number of nitrogens with zero attached hydrogens (tertiary/aromatic N) is 2. The standard InChI is InChI=1S/C16H21ClN4O2/c1-11(20-21-16(23)12-5-3-2-4-6-12)9-15(22)19-14-8-7-13(17)10-18-14/h7-8,10,12H,2-6,9H2,1H3,(H,21,23)(H,18,19,22). The molecule has 1 aromatic heterocycles. The monoisotopic (exact) mass is 336 g/mol. The zero-order valence-electron chi connectivity index (χ0n) is 13.1. The van der Waals surface area contributed by atoms with Crippen molar-refractivity contribution in [3.05, 3.63) is 23.4 Å². The first-order valence-electron chi connectivity index (χ1n) is 7.79. The molecule has 1 aliphatic carbocycles. The number of carbonyl (C=O) groups excluding carboxylic acids is 2. The molecule has 0 aliphatic heterocycles. The van der Waals surface area contributed by atoms with E-state index in [1.165, 1.54) is 12.6 Å². The minimum atomic E-state index is -0.243. The SMILES string of the molecule is CC(CC(=O)Nc1ccc(Cl)cn1)=NNC(=O)C1CCCCC1. The van der Waals surface area contributed by atoms with E-state index in [9.17, 15) is 9.59 Å². The van der Waals surface area contributed by atoms with Gasteiger partial charge in [0.1, 0.15) is 5.82 Å². The quantitative estimate of drug-likeness (QED) is 0.640. The molecular formula is C16H21ClN4O2. The number of halogens is 1. The first-order valence-corrected chi connectivity index (χ1v) is 8.17. The summed E-state index contributed by atoms with van der Waals surface area (Å²) in [5, 5.41) is 7.16. The molecule has 2 rings (SSSR count). The number of aromatic nitrogens is 1. The van der Waals surface area contributed by atoms with Crippen LogP contribution in [-0.4, -0.2) is 22.5 Å². The maximum atomic E-state index is 12.0. The Morgan fingerprint density at radius 3 is 2.70 bits per heavy atom. The minimum absolute atomic E-state index is 0.0485. The molecule has 6 nitrogen and oxygen atoms in total. The fourth-order valence-electron chi connectivity index (χ4n) is 2.52. The van der Waals surface area contributed by atoms with Crippen LogP contribution in [-0.2, 0) is 9.59 Å². The third-order valence-electron chi connectivity index (χ3n) is 3.74. The van der Waals surface area contributed by atoms with Crippen molar-refractivity contribution in [2.45, 2.75) is 45.4 Å². The van der Waals surface area contributed by atoms with Crippen LogP contribution in [0.1, 0.15) is 45.4 Å². The smallest absolute Gasteiger partial charge is 0.243 e. The van der Waals surface area contributed by atoms with Gasteiger partial charge in [-0.1, -0.05) is 30.9 Å². The molecule has 1 aromatic rings. The van der Waals surface area contributed by atoms with Crippen LogP contribution in [0, 0.1) is 5.92 Å². The predicted molar refractivity (Wildman–Crippen MR) is 90.3 cm³/mol. The van der Waals surface area contributed by atoms with E-state index in [2.05, 4.69) is 20.8 Å². The second kappa shape index (κ2) is 8.62. The van der Waals surface area contributed by atoms with Gasteiger partial charge in [-0.05, 0) is 31.9 Å². The normalized spacial score (nSPS) is 16.0. The fourth-order valence-corrected chi connectivity index (χ4v) is 2.63. The van der Waals surface area contributed by atoms with Crippen LogP contribution in [0.3, 0.4) is 0 Å². The van der Waals surface area contributed by atoms with Crippen LogP contribution in [0.25, 0.3) is 0 Å². The molecule has 0 aromatic carbocycles. The Morgan fingerprint density at radius 2 is 2.04 bits per heavy atom. The second-order valence-corrected chi connectivity index (χ2v) is 6.18. The number of rotatable bonds is 5. The summed E-state index contributed by atoms with van der Waals surface area (Å²) in [5.41, 5.74) is 3.11. The summed E-state index contributed by atoms with van der Waals surface area (Å²) in [5.74, 6) is 0.183. The van der Waals surface area contributed by atoms with Crippen molar-refractivity contribution < 1.29 is 9.59 Å². The Hall–Kier alpha value is -1.95. The highest BCUT2D eigenvalue weighted by atomic mass is 35.5. The third kappa shape index (κ3) is 5.98. The molecular weight excluding hydrogens is 316 g/mol. The van der Waals surface area contributed by atoms with Crippen molar-refractivity contribution in [2.24, 2.45) is 11.0 Å². The summed E-state index contributed by atoms with van der Waals surface area (Å²) in [6.45, 7) is 1.70. The zero-order valence-corrected chi connectivity index (χ0v) is 13.9. The number of hydrogen-bond acceptors (Lipinski definition) is 4. The molecule has 124 valence electrons. The second-order valence-electron chi connectivity index (χ2n) is 5.74. The van der Waals surface area contributed by atoms with Crippen LogP contribution in [0.2, 0.25) is 5.02 Å². The summed E-state index contributed by atoms with van der Waals surface area (Å²) in [7, 11) is 0. The lowest BCUT2D eigenvalue weighted by Crippen LogP contribution is -2.29. The molecule has 2 amide bonds. The number of anilines is 1. The van der Waals surface area contributed by atoms with Crippen LogP contribution in [0.5, 0.6) is 0 Å². The van der Waals surface area contributed by atoms with Crippen molar-refractivity contribution in [1.82, 2.24) is 10.4 Å². The molecule has 0 atom stereocenters. The van der Waals surface area contributed by atoms with Gasteiger partial charge in [0.25, 0.3) is 0 Å². The van der Waals surface area contributed by atoms with Gasteiger partial charge in [0.2, 0.25) is 11.8 Å². The van der Waals surface area contributed by atoms with E-state index in [4.69, 9.17) is 11.6 Å². The molecule has 7 heteroatoms. The zero-order chi connectivity index (χ0) is 16.7. The van der Waals surface area contributed by atoms with Crippen LogP contribution in [0.4, 0.5) is 5.82 Å². The molecule has 1 fully saturated rings. The van der Waals surface area contributed by atoms with E-state index in [-0.39, 0.29) is 24.2 Å². The van der Waals surface area contributed by atoms with Gasteiger partial charge in [0.15, 0.2) is 0 Å². The summed E-state index contributed by atoms with van der Waals surface area (Å²) < 4.78 is 0. The maximum absolute atomic E-state index is 12.0. The van der Waals surface area contributed by atoms with Gasteiger partial charge in [-0.15, -0.1) is 0 Å². The molecule has 1 aliphatic rings. The van der Waals surface area contributed by atoms with Gasteiger partial charge in [0.05, 0.1) is 11.4 Å². The van der Waals surface area contributed by atoms with E-state index in [1.807, 2.05) is 0 Å². The van der Waals surface area contributed by atoms with Gasteiger partial charge in [-0.2, -0.15) is 5.10 Å². The van der Waals surface area contributed by atoms with Crippen LogP contribution < -0.4 is 10.7 Å². The van der Waals surface area contributed by atoms with Crippen LogP contribution in [0.15, 0.2) is 23.4 Å². The molecule has 0 saturated heterocycles. The molecule has 2 N–H and O–H groups in total. The van der Waals surface area contributed by atoms with E-state index >= 15 is 0 Å². The van der Waals surface area contributed by atoms with Crippen molar-refractivity contribution in [2.75, 3.05) is 5.32 Å². The summed E-state index contributed by atoms with van der Waals surface area (Å²) in [4.78, 5) is 27.8. The number of nitrogens with one attached hydrogen (secondary N) is 2. The van der Waals surface area contributed by atoms with Crippen molar-refractivity contribution >= 4 is 34.9 Å². The lowest BCUT2D eigenvalue weighted by Gasteiger charge is -2.19. The highest BCUT2D eigenvalue weighted by Crippen LogP contribution is 2.23. The number of amides is 2. The van der Waals surface area contributed by atoms with Gasteiger partial charge in [-0.3, -0.25) is 9.59 Å². The number of hydrazone groups is 1. The lowest BCUT2D eigenvalue weighted by molar-refractivity contribution is -0.126. The number of carbonyl (C=O) groups is 2. The first-order chi connectivity index (χ1) is 11.0. The Labute approximate surface area is 140 Å². The van der Waals surface area contributed by atoms with Crippen molar-refractivity contribution in [3.8, 4) is 0 Å². The van der Waals surface area contributed by atoms with Gasteiger partial charge >= 0.3 is 0 Å². The summed E-state index contributed by atoms with van der Waals surface area (Å²) >= 11 is 5.73. The lowest BCUT2D eigenvalue weighted by atomic mass is 9.89. The Kier molecular flexibility index (Phi) is 6.52. The molecule has 23 heavy (non-hydrogen) atoms. The van der Waals surface area contributed by atoms with E-state index in [0.717, 1.165) is 25.7 Å². The average molecular weight is 337 g/mol. The third-order valence-corrected chi connectivity index (χ3v) is 3.97. The van der Waals surface area contributed by atoms with Crippen molar-refractivity contribution in [1.29, 1.82) is 0 Å². The van der Waals surface area contributed by atoms with E-state index in [1.54, 1.807) is 19.1 Å². The van der Waals surface area contributed by atoms with Gasteiger partial charge in [-0.25, -0.2) is 10.4 Å². The Balaban J connectivity index is 1.78. The largest absolute Gasteiger partial charge is 0.310 e. The summed E-state index contributed by atoms with van der Waals surface area (Å²) in [6, 6.07) is 3.27. The van der Waals surface area contributed by atoms with Gasteiger partial charge < -0.3 is 5.32 Å². The fraction of sp³-hybridized carbons (Fsp3) is 0.500. The highest BCUT2D eigenvalue weighted by molar-refractivity contribution is 6.30. The highest BCUT2D eigenvalue weighted by Gasteiger charge is 2.20.